The predicted molar refractivity (Wildman–Crippen MR) is 50.5 cm³/mol. The highest BCUT2D eigenvalue weighted by Crippen LogP contribution is 2.14. The highest BCUT2D eigenvalue weighted by atomic mass is 16.5. The van der Waals surface area contributed by atoms with E-state index in [1.165, 1.54) is 12.1 Å². The molecule has 2 heterocycles. The van der Waals surface area contributed by atoms with Gasteiger partial charge in [-0.3, -0.25) is 4.68 Å². The van der Waals surface area contributed by atoms with Gasteiger partial charge in [0.05, 0.1) is 12.3 Å². The van der Waals surface area contributed by atoms with Gasteiger partial charge in [0.15, 0.2) is 0 Å². The number of rotatable bonds is 3. The molecular formula is C10H16N2O. The van der Waals surface area contributed by atoms with Crippen molar-refractivity contribution in [2.24, 2.45) is 5.92 Å². The lowest BCUT2D eigenvalue weighted by Crippen LogP contribution is -2.11. The van der Waals surface area contributed by atoms with Gasteiger partial charge in [0, 0.05) is 25.3 Å². The van der Waals surface area contributed by atoms with E-state index in [1.807, 2.05) is 4.68 Å². The minimum absolute atomic E-state index is 0.671. The van der Waals surface area contributed by atoms with E-state index in [-0.39, 0.29) is 0 Å². The molecule has 72 valence electrons. The second-order valence-corrected chi connectivity index (χ2v) is 3.61. The Labute approximate surface area is 78.7 Å². The Hall–Kier alpha value is -0.830. The molecule has 1 fully saturated rings. The van der Waals surface area contributed by atoms with Crippen molar-refractivity contribution in [2.75, 3.05) is 13.2 Å². The third-order valence-corrected chi connectivity index (χ3v) is 2.53. The van der Waals surface area contributed by atoms with Crippen LogP contribution in [0.4, 0.5) is 0 Å². The summed E-state index contributed by atoms with van der Waals surface area (Å²) in [6.45, 7) is 4.97. The quantitative estimate of drug-likeness (QED) is 0.704. The van der Waals surface area contributed by atoms with Gasteiger partial charge >= 0.3 is 0 Å². The molecule has 3 nitrogen and oxygen atoms in total. The third-order valence-electron chi connectivity index (χ3n) is 2.53. The molecule has 0 amide bonds. The Morgan fingerprint density at radius 3 is 3.23 bits per heavy atom. The number of hydrogen-bond acceptors (Lipinski definition) is 2. The Balaban J connectivity index is 1.92. The van der Waals surface area contributed by atoms with E-state index in [1.54, 1.807) is 0 Å². The van der Waals surface area contributed by atoms with Crippen LogP contribution in [0.5, 0.6) is 0 Å². The topological polar surface area (TPSA) is 27.1 Å². The molecule has 0 N–H and O–H groups in total. The van der Waals surface area contributed by atoms with Gasteiger partial charge < -0.3 is 4.74 Å². The van der Waals surface area contributed by atoms with Crippen molar-refractivity contribution in [1.82, 2.24) is 9.78 Å². The van der Waals surface area contributed by atoms with Crippen LogP contribution in [0.1, 0.15) is 19.0 Å². The van der Waals surface area contributed by atoms with Gasteiger partial charge in [-0.15, -0.1) is 0 Å². The Kier molecular flexibility index (Phi) is 2.64. The van der Waals surface area contributed by atoms with Gasteiger partial charge in [-0.2, -0.15) is 5.10 Å². The van der Waals surface area contributed by atoms with E-state index >= 15 is 0 Å². The lowest BCUT2D eigenvalue weighted by Gasteiger charge is -2.06. The zero-order chi connectivity index (χ0) is 9.10. The summed E-state index contributed by atoms with van der Waals surface area (Å²) in [6.07, 6.45) is 4.27. The third kappa shape index (κ3) is 2.10. The molecule has 0 radical (unpaired) electrons. The van der Waals surface area contributed by atoms with Crippen molar-refractivity contribution in [2.45, 2.75) is 26.3 Å². The molecule has 1 aliphatic heterocycles. The fourth-order valence-corrected chi connectivity index (χ4v) is 1.69. The Morgan fingerprint density at radius 2 is 2.62 bits per heavy atom. The molecule has 13 heavy (non-hydrogen) atoms. The molecule has 1 saturated heterocycles. The fourth-order valence-electron chi connectivity index (χ4n) is 1.69. The second-order valence-electron chi connectivity index (χ2n) is 3.61. The number of aryl methyl sites for hydroxylation is 1. The first-order chi connectivity index (χ1) is 6.38. The van der Waals surface area contributed by atoms with Crippen molar-refractivity contribution >= 4 is 0 Å². The molecule has 0 unspecified atom stereocenters. The zero-order valence-corrected chi connectivity index (χ0v) is 8.07. The molecule has 1 atom stereocenters. The van der Waals surface area contributed by atoms with E-state index in [4.69, 9.17) is 4.74 Å². The van der Waals surface area contributed by atoms with Crippen LogP contribution in [0, 0.1) is 5.92 Å². The maximum atomic E-state index is 5.32. The average molecular weight is 180 g/mol. The maximum absolute atomic E-state index is 5.32. The fraction of sp³-hybridized carbons (Fsp3) is 0.700. The first kappa shape index (κ1) is 8.75. The average Bonchev–Trinajstić information content (AvgIpc) is 2.76. The van der Waals surface area contributed by atoms with E-state index in [0.29, 0.717) is 5.92 Å². The van der Waals surface area contributed by atoms with E-state index < -0.39 is 0 Å². The van der Waals surface area contributed by atoms with E-state index in [9.17, 15) is 0 Å². The standard InChI is InChI=1S/C10H16N2O/c1-2-10-3-5-12(11-10)7-9-4-6-13-8-9/h3,5,9H,2,4,6-8H2,1H3/t9-/m0/s1. The van der Waals surface area contributed by atoms with Gasteiger partial charge in [-0.1, -0.05) is 6.92 Å². The number of ether oxygens (including phenoxy) is 1. The molecule has 0 aliphatic carbocycles. The van der Waals surface area contributed by atoms with Gasteiger partial charge in [-0.05, 0) is 18.9 Å². The smallest absolute Gasteiger partial charge is 0.0621 e. The van der Waals surface area contributed by atoms with Gasteiger partial charge in [0.2, 0.25) is 0 Å². The number of nitrogens with zero attached hydrogens (tertiary/aromatic N) is 2. The van der Waals surface area contributed by atoms with Crippen molar-refractivity contribution in [3.05, 3.63) is 18.0 Å². The summed E-state index contributed by atoms with van der Waals surface area (Å²) in [6, 6.07) is 2.09. The van der Waals surface area contributed by atoms with Gasteiger partial charge in [0.25, 0.3) is 0 Å². The van der Waals surface area contributed by atoms with Crippen LogP contribution in [0.25, 0.3) is 0 Å². The van der Waals surface area contributed by atoms with Crippen LogP contribution in [0.2, 0.25) is 0 Å². The van der Waals surface area contributed by atoms with E-state index in [2.05, 4.69) is 24.3 Å². The molecule has 1 aromatic rings. The monoisotopic (exact) mass is 180 g/mol. The molecule has 0 spiro atoms. The van der Waals surface area contributed by atoms with Crippen molar-refractivity contribution < 1.29 is 4.74 Å². The summed E-state index contributed by atoms with van der Waals surface area (Å²) in [5, 5.41) is 4.45. The van der Waals surface area contributed by atoms with Crippen LogP contribution < -0.4 is 0 Å². The van der Waals surface area contributed by atoms with Crippen molar-refractivity contribution in [3.63, 3.8) is 0 Å². The van der Waals surface area contributed by atoms with Gasteiger partial charge in [0.1, 0.15) is 0 Å². The van der Waals surface area contributed by atoms with Crippen LogP contribution in [0.15, 0.2) is 12.3 Å². The van der Waals surface area contributed by atoms with Crippen LogP contribution >= 0.6 is 0 Å². The van der Waals surface area contributed by atoms with Crippen LogP contribution in [0.3, 0.4) is 0 Å². The molecule has 0 aromatic carbocycles. The first-order valence-electron chi connectivity index (χ1n) is 4.98. The molecule has 2 rings (SSSR count). The summed E-state index contributed by atoms with van der Waals surface area (Å²) in [5.74, 6) is 0.671. The minimum atomic E-state index is 0.671. The number of hydrogen-bond donors (Lipinski definition) is 0. The molecule has 3 heteroatoms. The van der Waals surface area contributed by atoms with E-state index in [0.717, 1.165) is 26.2 Å². The predicted octanol–water partition coefficient (Wildman–Crippen LogP) is 1.48. The maximum Gasteiger partial charge on any atom is 0.0621 e. The Bertz CT molecular complexity index is 264. The summed E-state index contributed by atoms with van der Waals surface area (Å²) in [7, 11) is 0. The van der Waals surface area contributed by atoms with Crippen LogP contribution in [-0.2, 0) is 17.7 Å². The largest absolute Gasteiger partial charge is 0.381 e. The summed E-state index contributed by atoms with van der Waals surface area (Å²) in [5.41, 5.74) is 1.18. The van der Waals surface area contributed by atoms with Crippen molar-refractivity contribution in [3.8, 4) is 0 Å². The summed E-state index contributed by atoms with van der Waals surface area (Å²) >= 11 is 0. The lowest BCUT2D eigenvalue weighted by molar-refractivity contribution is 0.181. The summed E-state index contributed by atoms with van der Waals surface area (Å²) < 4.78 is 7.36. The normalized spacial score (nSPS) is 22.4. The highest BCUT2D eigenvalue weighted by Gasteiger charge is 2.16. The molecule has 0 saturated carbocycles. The molecule has 0 bridgehead atoms. The highest BCUT2D eigenvalue weighted by molar-refractivity contribution is 4.98. The molecular weight excluding hydrogens is 164 g/mol. The van der Waals surface area contributed by atoms with Crippen LogP contribution in [-0.4, -0.2) is 23.0 Å². The molecule has 1 aliphatic rings. The van der Waals surface area contributed by atoms with Gasteiger partial charge in [-0.25, -0.2) is 0 Å². The van der Waals surface area contributed by atoms with Crippen molar-refractivity contribution in [1.29, 1.82) is 0 Å². The zero-order valence-electron chi connectivity index (χ0n) is 8.07. The molecule has 1 aromatic heterocycles. The number of aromatic nitrogens is 2. The first-order valence-corrected chi connectivity index (χ1v) is 4.98. The second kappa shape index (κ2) is 3.92. The SMILES string of the molecule is CCc1ccn(C[C@@H]2CCOC2)n1. The minimum Gasteiger partial charge on any atom is -0.381 e. The lowest BCUT2D eigenvalue weighted by atomic mass is 10.1. The summed E-state index contributed by atoms with van der Waals surface area (Å²) in [4.78, 5) is 0. The Morgan fingerprint density at radius 1 is 1.69 bits per heavy atom.